The summed E-state index contributed by atoms with van der Waals surface area (Å²) in [5.41, 5.74) is 0.762. The van der Waals surface area contributed by atoms with Crippen LogP contribution in [0.1, 0.15) is 26.2 Å². The minimum Gasteiger partial charge on any atom is -0.494 e. The lowest BCUT2D eigenvalue weighted by molar-refractivity contribution is -0.116. The summed E-state index contributed by atoms with van der Waals surface area (Å²) in [6, 6.07) is 16.9. The van der Waals surface area contributed by atoms with E-state index in [2.05, 4.69) is 12.2 Å². The van der Waals surface area contributed by atoms with Crippen LogP contribution in [-0.2, 0) is 4.79 Å². The van der Waals surface area contributed by atoms with Crippen LogP contribution in [0, 0.1) is 0 Å². The number of anilines is 1. The van der Waals surface area contributed by atoms with Gasteiger partial charge >= 0.3 is 0 Å². The number of hydrogen-bond acceptors (Lipinski definition) is 3. The van der Waals surface area contributed by atoms with Crippen LogP contribution >= 0.6 is 0 Å². The Labute approximate surface area is 137 Å². The molecule has 4 nitrogen and oxygen atoms in total. The van der Waals surface area contributed by atoms with E-state index < -0.39 is 0 Å². The molecule has 1 amide bonds. The molecule has 4 heteroatoms. The predicted octanol–water partition coefficient (Wildman–Crippen LogP) is 4.27. The molecular formula is C19H23NO3. The highest BCUT2D eigenvalue weighted by atomic mass is 16.5. The van der Waals surface area contributed by atoms with E-state index in [4.69, 9.17) is 9.47 Å². The van der Waals surface area contributed by atoms with Crippen LogP contribution in [0.25, 0.3) is 0 Å². The quantitative estimate of drug-likeness (QED) is 0.703. The van der Waals surface area contributed by atoms with Gasteiger partial charge in [-0.1, -0.05) is 31.5 Å². The number of unbranched alkanes of at least 4 members (excludes halogenated alkanes) is 1. The molecule has 2 aromatic rings. The van der Waals surface area contributed by atoms with Crippen molar-refractivity contribution in [1.82, 2.24) is 0 Å². The second-order valence-corrected chi connectivity index (χ2v) is 5.19. The molecule has 0 aliphatic rings. The lowest BCUT2D eigenvalue weighted by Gasteiger charge is -2.09. The Balaban J connectivity index is 1.70. The first-order valence-electron chi connectivity index (χ1n) is 7.98. The SMILES string of the molecule is CCCCOc1ccc(NC(=O)CCOc2ccccc2)cc1. The summed E-state index contributed by atoms with van der Waals surface area (Å²) >= 11 is 0. The summed E-state index contributed by atoms with van der Waals surface area (Å²) in [7, 11) is 0. The molecule has 0 fully saturated rings. The van der Waals surface area contributed by atoms with Gasteiger partial charge in [-0.25, -0.2) is 0 Å². The summed E-state index contributed by atoms with van der Waals surface area (Å²) in [5.74, 6) is 1.53. The number of amides is 1. The van der Waals surface area contributed by atoms with Gasteiger partial charge in [-0.3, -0.25) is 4.79 Å². The Morgan fingerprint density at radius 1 is 0.913 bits per heavy atom. The van der Waals surface area contributed by atoms with Gasteiger partial charge in [0, 0.05) is 5.69 Å². The van der Waals surface area contributed by atoms with Crippen LogP contribution in [0.15, 0.2) is 54.6 Å². The fourth-order valence-corrected chi connectivity index (χ4v) is 1.97. The lowest BCUT2D eigenvalue weighted by Crippen LogP contribution is -2.15. The maximum Gasteiger partial charge on any atom is 0.227 e. The molecule has 0 aromatic heterocycles. The van der Waals surface area contributed by atoms with Crippen molar-refractivity contribution in [2.45, 2.75) is 26.2 Å². The maximum atomic E-state index is 11.9. The number of carbonyl (C=O) groups excluding carboxylic acids is 1. The number of carbonyl (C=O) groups is 1. The monoisotopic (exact) mass is 313 g/mol. The Kier molecular flexibility index (Phi) is 6.98. The van der Waals surface area contributed by atoms with Crippen molar-refractivity contribution in [3.05, 3.63) is 54.6 Å². The van der Waals surface area contributed by atoms with Gasteiger partial charge in [0.15, 0.2) is 0 Å². The van der Waals surface area contributed by atoms with Crippen molar-refractivity contribution in [3.63, 3.8) is 0 Å². The molecule has 1 N–H and O–H groups in total. The molecule has 122 valence electrons. The normalized spacial score (nSPS) is 10.1. The smallest absolute Gasteiger partial charge is 0.227 e. The zero-order valence-corrected chi connectivity index (χ0v) is 13.5. The van der Waals surface area contributed by atoms with E-state index in [1.807, 2.05) is 54.6 Å². The molecule has 0 saturated heterocycles. The third-order valence-corrected chi connectivity index (χ3v) is 3.25. The molecule has 0 radical (unpaired) electrons. The molecule has 0 aliphatic carbocycles. The van der Waals surface area contributed by atoms with Crippen molar-refractivity contribution < 1.29 is 14.3 Å². The molecule has 23 heavy (non-hydrogen) atoms. The number of benzene rings is 2. The first-order chi connectivity index (χ1) is 11.3. The van der Waals surface area contributed by atoms with E-state index in [0.29, 0.717) is 13.0 Å². The van der Waals surface area contributed by atoms with Gasteiger partial charge in [-0.15, -0.1) is 0 Å². The van der Waals surface area contributed by atoms with Gasteiger partial charge in [0.2, 0.25) is 5.91 Å². The third kappa shape index (κ3) is 6.43. The van der Waals surface area contributed by atoms with Crippen LogP contribution in [0.4, 0.5) is 5.69 Å². The molecule has 2 aromatic carbocycles. The molecule has 0 spiro atoms. The lowest BCUT2D eigenvalue weighted by atomic mass is 10.3. The van der Waals surface area contributed by atoms with E-state index >= 15 is 0 Å². The maximum absolute atomic E-state index is 11.9. The third-order valence-electron chi connectivity index (χ3n) is 3.25. The Morgan fingerprint density at radius 3 is 2.26 bits per heavy atom. The van der Waals surface area contributed by atoms with Gasteiger partial charge < -0.3 is 14.8 Å². The molecule has 0 saturated carbocycles. The van der Waals surface area contributed by atoms with Crippen LogP contribution < -0.4 is 14.8 Å². The second-order valence-electron chi connectivity index (χ2n) is 5.19. The van der Waals surface area contributed by atoms with Crippen molar-refractivity contribution >= 4 is 11.6 Å². The van der Waals surface area contributed by atoms with Crippen molar-refractivity contribution in [3.8, 4) is 11.5 Å². The number of para-hydroxylation sites is 1. The number of ether oxygens (including phenoxy) is 2. The van der Waals surface area contributed by atoms with E-state index in [1.165, 1.54) is 0 Å². The van der Waals surface area contributed by atoms with Crippen molar-refractivity contribution in [2.75, 3.05) is 18.5 Å². The van der Waals surface area contributed by atoms with E-state index in [-0.39, 0.29) is 5.91 Å². The van der Waals surface area contributed by atoms with Gasteiger partial charge in [-0.2, -0.15) is 0 Å². The summed E-state index contributed by atoms with van der Waals surface area (Å²) in [5, 5.41) is 2.85. The number of rotatable bonds is 9. The van der Waals surface area contributed by atoms with Gasteiger partial charge in [0.05, 0.1) is 19.6 Å². The molecule has 0 aliphatic heterocycles. The number of hydrogen-bond donors (Lipinski definition) is 1. The zero-order chi connectivity index (χ0) is 16.3. The summed E-state index contributed by atoms with van der Waals surface area (Å²) in [6.45, 7) is 3.20. The highest BCUT2D eigenvalue weighted by Crippen LogP contribution is 2.16. The first-order valence-corrected chi connectivity index (χ1v) is 7.98. The standard InChI is InChI=1S/C19H23NO3/c1-2-3-14-22-18-11-9-16(10-12-18)20-19(21)13-15-23-17-7-5-4-6-8-17/h4-12H,2-3,13-15H2,1H3,(H,20,21). The molecule has 0 heterocycles. The van der Waals surface area contributed by atoms with E-state index in [9.17, 15) is 4.79 Å². The largest absolute Gasteiger partial charge is 0.494 e. The highest BCUT2D eigenvalue weighted by Gasteiger charge is 2.03. The number of nitrogens with one attached hydrogen (secondary N) is 1. The highest BCUT2D eigenvalue weighted by molar-refractivity contribution is 5.90. The van der Waals surface area contributed by atoms with Gasteiger partial charge in [0.25, 0.3) is 0 Å². The molecule has 2 rings (SSSR count). The minimum absolute atomic E-state index is 0.0689. The Bertz CT molecular complexity index is 581. The minimum atomic E-state index is -0.0689. The predicted molar refractivity (Wildman–Crippen MR) is 92.0 cm³/mol. The van der Waals surface area contributed by atoms with Gasteiger partial charge in [0.1, 0.15) is 11.5 Å². The fourth-order valence-electron chi connectivity index (χ4n) is 1.97. The van der Waals surface area contributed by atoms with Crippen LogP contribution in [-0.4, -0.2) is 19.1 Å². The van der Waals surface area contributed by atoms with Crippen LogP contribution in [0.5, 0.6) is 11.5 Å². The zero-order valence-electron chi connectivity index (χ0n) is 13.5. The van der Waals surface area contributed by atoms with Crippen molar-refractivity contribution in [2.24, 2.45) is 0 Å². The van der Waals surface area contributed by atoms with Gasteiger partial charge in [-0.05, 0) is 42.8 Å². The van der Waals surface area contributed by atoms with Crippen LogP contribution in [0.2, 0.25) is 0 Å². The Hall–Kier alpha value is -2.49. The first kappa shape index (κ1) is 16.9. The topological polar surface area (TPSA) is 47.6 Å². The van der Waals surface area contributed by atoms with Crippen LogP contribution in [0.3, 0.4) is 0 Å². The average Bonchev–Trinajstić information content (AvgIpc) is 2.58. The second kappa shape index (κ2) is 9.51. The molecule has 0 bridgehead atoms. The summed E-state index contributed by atoms with van der Waals surface area (Å²) < 4.78 is 11.1. The summed E-state index contributed by atoms with van der Waals surface area (Å²) in [6.07, 6.45) is 2.46. The van der Waals surface area contributed by atoms with Crippen molar-refractivity contribution in [1.29, 1.82) is 0 Å². The molecule has 0 atom stereocenters. The summed E-state index contributed by atoms with van der Waals surface area (Å²) in [4.78, 5) is 11.9. The average molecular weight is 313 g/mol. The van der Waals surface area contributed by atoms with E-state index in [1.54, 1.807) is 0 Å². The molecular weight excluding hydrogens is 290 g/mol. The van der Waals surface area contributed by atoms with E-state index in [0.717, 1.165) is 36.6 Å². The molecule has 0 unspecified atom stereocenters. The Morgan fingerprint density at radius 2 is 1.57 bits per heavy atom. The fraction of sp³-hybridized carbons (Fsp3) is 0.316.